The topological polar surface area (TPSA) is 131 Å². The van der Waals surface area contributed by atoms with Gasteiger partial charge in [-0.05, 0) is 127 Å². The van der Waals surface area contributed by atoms with Crippen molar-refractivity contribution in [3.63, 3.8) is 0 Å². The van der Waals surface area contributed by atoms with E-state index in [4.69, 9.17) is 33.7 Å². The van der Waals surface area contributed by atoms with Crippen molar-refractivity contribution >= 4 is 63.8 Å². The van der Waals surface area contributed by atoms with E-state index in [2.05, 4.69) is 91.9 Å². The molecule has 2 aromatic carbocycles. The number of halogens is 2. The van der Waals surface area contributed by atoms with Crippen LogP contribution < -0.4 is 11.1 Å². The van der Waals surface area contributed by atoms with E-state index in [-0.39, 0.29) is 34.7 Å². The minimum Gasteiger partial charge on any atom is -0.444 e. The van der Waals surface area contributed by atoms with Crippen LogP contribution in [0.15, 0.2) is 96.0 Å². The summed E-state index contributed by atoms with van der Waals surface area (Å²) in [6.45, 7) is 20.7. The van der Waals surface area contributed by atoms with Gasteiger partial charge >= 0.3 is 6.09 Å². The summed E-state index contributed by atoms with van der Waals surface area (Å²) in [6.07, 6.45) is 4.79. The van der Waals surface area contributed by atoms with Crippen molar-refractivity contribution in [2.45, 2.75) is 104 Å². The van der Waals surface area contributed by atoms with E-state index in [0.29, 0.717) is 53.8 Å². The molecule has 8 rings (SSSR count). The number of nitrogens with zero attached hydrogens (tertiary/aromatic N) is 4. The second-order valence-electron chi connectivity index (χ2n) is 20.3. The number of likely N-dealkylation sites (tertiary alicyclic amines) is 2. The fourth-order valence-corrected chi connectivity index (χ4v) is 10.5. The van der Waals surface area contributed by atoms with Crippen molar-refractivity contribution < 1.29 is 19.1 Å². The minimum atomic E-state index is -0.562. The standard InChI is InChI=1S/C29H34ClN3O3S.C24H26ClN3OS/c1-28(2,3)25-15-18(9-11-31-25)20-14-24(37-17-20)22-8-7-19(13-23(22)30)26(34)33-12-10-21(16-33)32-27(35)36-29(4,5)6;1-24(2,3)22-12-15(6-8-27-22)17-11-21(30-14-17)19-5-4-16(10-20(19)25)23(29)28-9-7-18(26)13-28/h7-9,11,13-15,17,21H,10,12,16H2,1-6H3,(H,32,35);4-6,8,10-12,14,18H,7,9,13,26H2,1-3H3/t21-;18-/m11/s1. The second kappa shape index (κ2) is 20.2. The van der Waals surface area contributed by atoms with Crippen LogP contribution >= 0.6 is 45.9 Å². The number of pyridine rings is 2. The molecule has 6 aromatic rings. The monoisotopic (exact) mass is 978 g/mol. The van der Waals surface area contributed by atoms with Gasteiger partial charge in [0.2, 0.25) is 0 Å². The van der Waals surface area contributed by atoms with Gasteiger partial charge in [0.05, 0.1) is 16.1 Å². The molecule has 3 N–H and O–H groups in total. The molecule has 2 atom stereocenters. The fraction of sp³-hybridized carbons (Fsp3) is 0.377. The van der Waals surface area contributed by atoms with Gasteiger partial charge in [-0.1, -0.05) is 76.9 Å². The average molecular weight is 980 g/mol. The number of aromatic nitrogens is 2. The molecule has 10 nitrogen and oxygen atoms in total. The van der Waals surface area contributed by atoms with Crippen molar-refractivity contribution in [3.8, 4) is 43.1 Å². The van der Waals surface area contributed by atoms with Crippen LogP contribution in [0.4, 0.5) is 4.79 Å². The lowest BCUT2D eigenvalue weighted by molar-refractivity contribution is 0.0502. The smallest absolute Gasteiger partial charge is 0.407 e. The van der Waals surface area contributed by atoms with Gasteiger partial charge in [-0.3, -0.25) is 19.6 Å². The zero-order valence-electron chi connectivity index (χ0n) is 39.7. The van der Waals surface area contributed by atoms with Gasteiger partial charge < -0.3 is 25.6 Å². The molecular formula is C53H60Cl2N6O4S2. The number of thiophene rings is 2. The molecule has 4 aromatic heterocycles. The van der Waals surface area contributed by atoms with E-state index in [9.17, 15) is 14.4 Å². The van der Waals surface area contributed by atoms with Crippen LogP contribution in [0.5, 0.6) is 0 Å². The summed E-state index contributed by atoms with van der Waals surface area (Å²) < 4.78 is 5.33. The van der Waals surface area contributed by atoms with E-state index in [1.807, 2.05) is 69.6 Å². The molecule has 0 spiro atoms. The van der Waals surface area contributed by atoms with Crippen molar-refractivity contribution in [2.75, 3.05) is 26.2 Å². The number of nitrogens with two attached hydrogens (primary N) is 1. The highest BCUT2D eigenvalue weighted by Gasteiger charge is 2.30. The summed E-state index contributed by atoms with van der Waals surface area (Å²) in [5.41, 5.74) is 15.0. The summed E-state index contributed by atoms with van der Waals surface area (Å²) in [4.78, 5) is 52.6. The maximum Gasteiger partial charge on any atom is 0.407 e. The van der Waals surface area contributed by atoms with Crippen molar-refractivity contribution in [1.29, 1.82) is 0 Å². The quantitative estimate of drug-likeness (QED) is 0.163. The maximum atomic E-state index is 13.1. The lowest BCUT2D eigenvalue weighted by Crippen LogP contribution is -2.41. The number of rotatable bonds is 7. The first-order valence-corrected chi connectivity index (χ1v) is 25.1. The Kier molecular flexibility index (Phi) is 15.0. The maximum absolute atomic E-state index is 13.1. The first-order chi connectivity index (χ1) is 31.5. The van der Waals surface area contributed by atoms with Crippen LogP contribution in [0.25, 0.3) is 43.1 Å². The number of benzene rings is 2. The van der Waals surface area contributed by atoms with Gasteiger partial charge in [0.15, 0.2) is 0 Å². The Morgan fingerprint density at radius 1 is 0.642 bits per heavy atom. The largest absolute Gasteiger partial charge is 0.444 e. The van der Waals surface area contributed by atoms with E-state index >= 15 is 0 Å². The van der Waals surface area contributed by atoms with Gasteiger partial charge in [-0.15, -0.1) is 22.7 Å². The van der Waals surface area contributed by atoms with Crippen LogP contribution in [-0.4, -0.2) is 81.5 Å². The SMILES string of the molecule is CC(C)(C)OC(=O)N[C@@H]1CCN(C(=O)c2ccc(-c3cc(-c4ccnc(C(C)(C)C)c4)cs3)c(Cl)c2)C1.CC(C)(C)c1cc(-c2csc(-c3ccc(C(=O)N4CC[C@@H](N)C4)cc3Cl)c2)ccn1. The Hall–Kier alpha value is -5.11. The van der Waals surface area contributed by atoms with Gasteiger partial charge in [0, 0.05) is 98.8 Å². The van der Waals surface area contributed by atoms with Gasteiger partial charge in [-0.25, -0.2) is 4.79 Å². The fourth-order valence-electron chi connectivity index (χ4n) is 7.87. The molecule has 14 heteroatoms. The molecule has 2 fully saturated rings. The highest BCUT2D eigenvalue weighted by Crippen LogP contribution is 2.39. The molecule has 0 saturated carbocycles. The van der Waals surface area contributed by atoms with Crippen LogP contribution in [0, 0.1) is 0 Å². The van der Waals surface area contributed by atoms with Crippen molar-refractivity contribution in [2.24, 2.45) is 5.73 Å². The van der Waals surface area contributed by atoms with Crippen molar-refractivity contribution in [3.05, 3.63) is 129 Å². The molecule has 2 aliphatic heterocycles. The predicted octanol–water partition coefficient (Wildman–Crippen LogP) is 12.8. The highest BCUT2D eigenvalue weighted by molar-refractivity contribution is 7.14. The number of carbonyl (C=O) groups excluding carboxylic acids is 3. The van der Waals surface area contributed by atoms with Crippen LogP contribution in [-0.2, 0) is 15.6 Å². The second-order valence-corrected chi connectivity index (χ2v) is 23.0. The Bertz CT molecular complexity index is 2770. The number of hydrogen-bond acceptors (Lipinski definition) is 9. The molecule has 2 aliphatic rings. The molecule has 3 amide bonds. The van der Waals surface area contributed by atoms with E-state index in [0.717, 1.165) is 60.9 Å². The first kappa shape index (κ1) is 49.8. The summed E-state index contributed by atoms with van der Waals surface area (Å²) >= 11 is 16.5. The molecule has 67 heavy (non-hydrogen) atoms. The number of alkyl carbamates (subject to hydrolysis) is 1. The summed E-state index contributed by atoms with van der Waals surface area (Å²) in [6, 6.07) is 23.6. The van der Waals surface area contributed by atoms with Crippen molar-refractivity contribution in [1.82, 2.24) is 25.1 Å². The predicted molar refractivity (Wildman–Crippen MR) is 276 cm³/mol. The van der Waals surface area contributed by atoms with Gasteiger partial charge in [0.25, 0.3) is 11.8 Å². The zero-order valence-corrected chi connectivity index (χ0v) is 42.9. The first-order valence-electron chi connectivity index (χ1n) is 22.6. The molecule has 0 unspecified atom stereocenters. The Morgan fingerprint density at radius 2 is 1.10 bits per heavy atom. The average Bonchev–Trinajstić information content (AvgIpc) is 4.11. The Labute approximate surface area is 412 Å². The van der Waals surface area contributed by atoms with E-state index in [1.165, 1.54) is 0 Å². The van der Waals surface area contributed by atoms with Gasteiger partial charge in [-0.2, -0.15) is 0 Å². The molecule has 352 valence electrons. The molecule has 6 heterocycles. The molecule has 2 saturated heterocycles. The van der Waals surface area contributed by atoms with Crippen LogP contribution in [0.1, 0.15) is 107 Å². The lowest BCUT2D eigenvalue weighted by Gasteiger charge is -2.22. The number of carbonyl (C=O) groups is 3. The van der Waals surface area contributed by atoms with Gasteiger partial charge in [0.1, 0.15) is 5.60 Å². The third kappa shape index (κ3) is 12.5. The third-order valence-electron chi connectivity index (χ3n) is 11.6. The third-order valence-corrected chi connectivity index (χ3v) is 14.1. The minimum absolute atomic E-state index is 0.000201. The normalized spacial score (nSPS) is 16.4. The van der Waals surface area contributed by atoms with Crippen LogP contribution in [0.2, 0.25) is 10.0 Å². The summed E-state index contributed by atoms with van der Waals surface area (Å²) in [7, 11) is 0. The Balaban J connectivity index is 0.000000203. The van der Waals surface area contributed by atoms with Crippen LogP contribution in [0.3, 0.4) is 0 Å². The number of amides is 3. The van der Waals surface area contributed by atoms with E-state index in [1.54, 1.807) is 44.6 Å². The molecular weight excluding hydrogens is 920 g/mol. The zero-order chi connectivity index (χ0) is 48.4. The summed E-state index contributed by atoms with van der Waals surface area (Å²) in [5.74, 6) is -0.102. The lowest BCUT2D eigenvalue weighted by atomic mass is 9.90. The number of nitrogens with one attached hydrogen (secondary N) is 1. The number of ether oxygens (including phenoxy) is 1. The molecule has 0 bridgehead atoms. The van der Waals surface area contributed by atoms with E-state index < -0.39 is 11.7 Å². The Morgan fingerprint density at radius 3 is 1.52 bits per heavy atom. The summed E-state index contributed by atoms with van der Waals surface area (Å²) in [5, 5.41) is 8.23. The number of hydrogen-bond donors (Lipinski definition) is 2. The highest BCUT2D eigenvalue weighted by atomic mass is 35.5. The molecule has 0 aliphatic carbocycles. The molecule has 0 radical (unpaired) electrons.